The van der Waals surface area contributed by atoms with E-state index >= 15 is 0 Å². The second-order valence-corrected chi connectivity index (χ2v) is 6.62. The Bertz CT molecular complexity index is 689. The summed E-state index contributed by atoms with van der Waals surface area (Å²) in [6.07, 6.45) is 0. The minimum absolute atomic E-state index is 0.0386. The molecule has 2 rings (SSSR count). The van der Waals surface area contributed by atoms with Crippen molar-refractivity contribution in [3.63, 3.8) is 0 Å². The minimum atomic E-state index is -1.98. The van der Waals surface area contributed by atoms with E-state index in [-0.39, 0.29) is 12.0 Å². The highest BCUT2D eigenvalue weighted by Gasteiger charge is 2.41. The molecule has 2 N–H and O–H groups in total. The van der Waals surface area contributed by atoms with E-state index in [0.717, 1.165) is 0 Å². The van der Waals surface area contributed by atoms with Crippen LogP contribution in [0.15, 0.2) is 60.7 Å². The number of carbonyl (C=O) groups is 2. The first-order valence-electron chi connectivity index (χ1n) is 8.65. The van der Waals surface area contributed by atoms with E-state index in [1.807, 2.05) is 20.8 Å². The molecule has 1 atom stereocenters. The van der Waals surface area contributed by atoms with Crippen LogP contribution < -0.4 is 5.32 Å². The Labute approximate surface area is 154 Å². The molecule has 5 heteroatoms. The van der Waals surface area contributed by atoms with Crippen LogP contribution in [-0.4, -0.2) is 29.6 Å². The van der Waals surface area contributed by atoms with Crippen molar-refractivity contribution in [1.82, 2.24) is 5.32 Å². The maximum Gasteiger partial charge on any atom is 0.348 e. The molecule has 0 unspecified atom stereocenters. The lowest BCUT2D eigenvalue weighted by Gasteiger charge is -2.27. The molecule has 1 amide bonds. The lowest BCUT2D eigenvalue weighted by molar-refractivity contribution is -0.164. The highest BCUT2D eigenvalue weighted by Crippen LogP contribution is 2.30. The van der Waals surface area contributed by atoms with E-state index in [1.54, 1.807) is 60.7 Å². The molecule has 0 aliphatic rings. The first kappa shape index (κ1) is 19.7. The molecule has 2 aromatic rings. The lowest BCUT2D eigenvalue weighted by atomic mass is 9.86. The number of amides is 1. The molecule has 0 spiro atoms. The molecule has 0 aromatic heterocycles. The summed E-state index contributed by atoms with van der Waals surface area (Å²) in [5.41, 5.74) is -1.22. The molecule has 138 valence electrons. The van der Waals surface area contributed by atoms with Gasteiger partial charge in [-0.05, 0) is 24.0 Å². The predicted molar refractivity (Wildman–Crippen MR) is 99.3 cm³/mol. The number of benzene rings is 2. The largest absolute Gasteiger partial charge is 0.453 e. The fourth-order valence-electron chi connectivity index (χ4n) is 2.46. The summed E-state index contributed by atoms with van der Waals surface area (Å²) in [5, 5.41) is 14.0. The van der Waals surface area contributed by atoms with Gasteiger partial charge in [-0.25, -0.2) is 4.79 Å². The van der Waals surface area contributed by atoms with Gasteiger partial charge >= 0.3 is 5.97 Å². The lowest BCUT2D eigenvalue weighted by Crippen LogP contribution is -2.42. The standard InChI is InChI=1S/C21H25NO4/c1-15(2)16(3)22-19(23)14-26-20(24)21(25,17-10-6-4-7-11-17)18-12-8-5-9-13-18/h4-13,15-16,25H,14H2,1-3H3,(H,22,23)/t16-/m0/s1. The summed E-state index contributed by atoms with van der Waals surface area (Å²) >= 11 is 0. The van der Waals surface area contributed by atoms with Crippen molar-refractivity contribution in [2.24, 2.45) is 5.92 Å². The summed E-state index contributed by atoms with van der Waals surface area (Å²) < 4.78 is 5.16. The Morgan fingerprint density at radius 3 is 1.85 bits per heavy atom. The van der Waals surface area contributed by atoms with Crippen LogP contribution in [0.5, 0.6) is 0 Å². The zero-order valence-electron chi connectivity index (χ0n) is 15.3. The van der Waals surface area contributed by atoms with Gasteiger partial charge in [0.1, 0.15) is 0 Å². The number of rotatable bonds is 7. The second-order valence-electron chi connectivity index (χ2n) is 6.62. The number of aliphatic hydroxyl groups is 1. The van der Waals surface area contributed by atoms with Crippen LogP contribution in [0.1, 0.15) is 31.9 Å². The SMILES string of the molecule is CC(C)[C@H](C)NC(=O)COC(=O)C(O)(c1ccccc1)c1ccccc1. The number of nitrogens with one attached hydrogen (secondary N) is 1. The monoisotopic (exact) mass is 355 g/mol. The molecule has 5 nitrogen and oxygen atoms in total. The summed E-state index contributed by atoms with van der Waals surface area (Å²) in [4.78, 5) is 24.7. The van der Waals surface area contributed by atoms with Crippen LogP contribution in [0.25, 0.3) is 0 Å². The van der Waals surface area contributed by atoms with Gasteiger partial charge in [0.2, 0.25) is 5.60 Å². The molecule has 0 saturated carbocycles. The average molecular weight is 355 g/mol. The van der Waals surface area contributed by atoms with Gasteiger partial charge in [-0.15, -0.1) is 0 Å². The van der Waals surface area contributed by atoms with Crippen LogP contribution in [-0.2, 0) is 19.9 Å². The Morgan fingerprint density at radius 2 is 1.42 bits per heavy atom. The van der Waals surface area contributed by atoms with Crippen molar-refractivity contribution >= 4 is 11.9 Å². The van der Waals surface area contributed by atoms with E-state index in [4.69, 9.17) is 4.74 Å². The maximum absolute atomic E-state index is 12.7. The predicted octanol–water partition coefficient (Wildman–Crippen LogP) is 2.63. The summed E-state index contributed by atoms with van der Waals surface area (Å²) in [5.74, 6) is -1.02. The third kappa shape index (κ3) is 4.49. The zero-order chi connectivity index (χ0) is 19.2. The molecule has 0 fully saturated rings. The minimum Gasteiger partial charge on any atom is -0.453 e. The Hall–Kier alpha value is -2.66. The van der Waals surface area contributed by atoms with Gasteiger partial charge in [0.15, 0.2) is 6.61 Å². The maximum atomic E-state index is 12.7. The van der Waals surface area contributed by atoms with E-state index in [0.29, 0.717) is 11.1 Å². The van der Waals surface area contributed by atoms with Crippen LogP contribution in [0.3, 0.4) is 0 Å². The van der Waals surface area contributed by atoms with Crippen LogP contribution in [0.4, 0.5) is 0 Å². The Kier molecular flexibility index (Phi) is 6.52. The smallest absolute Gasteiger partial charge is 0.348 e. The van der Waals surface area contributed by atoms with Crippen molar-refractivity contribution < 1.29 is 19.4 Å². The van der Waals surface area contributed by atoms with Crippen molar-refractivity contribution in [1.29, 1.82) is 0 Å². The normalized spacial score (nSPS) is 12.5. The number of esters is 1. The molecule has 0 aliphatic carbocycles. The Balaban J connectivity index is 2.19. The first-order valence-corrected chi connectivity index (χ1v) is 8.65. The van der Waals surface area contributed by atoms with Gasteiger partial charge < -0.3 is 15.2 Å². The van der Waals surface area contributed by atoms with Crippen molar-refractivity contribution in [3.8, 4) is 0 Å². The van der Waals surface area contributed by atoms with Crippen LogP contribution >= 0.6 is 0 Å². The fourth-order valence-corrected chi connectivity index (χ4v) is 2.46. The van der Waals surface area contributed by atoms with Crippen molar-refractivity contribution in [2.75, 3.05) is 6.61 Å². The molecule has 0 radical (unpaired) electrons. The summed E-state index contributed by atoms with van der Waals surface area (Å²) in [6.45, 7) is 5.41. The third-order valence-corrected chi connectivity index (χ3v) is 4.40. The fraction of sp³-hybridized carbons (Fsp3) is 0.333. The second kappa shape index (κ2) is 8.63. The number of ether oxygens (including phenoxy) is 1. The van der Waals surface area contributed by atoms with Gasteiger partial charge in [-0.3, -0.25) is 4.79 Å². The van der Waals surface area contributed by atoms with Gasteiger partial charge in [-0.2, -0.15) is 0 Å². The Morgan fingerprint density at radius 1 is 0.962 bits per heavy atom. The quantitative estimate of drug-likeness (QED) is 0.749. The molecule has 2 aromatic carbocycles. The summed E-state index contributed by atoms with van der Waals surface area (Å²) in [6, 6.07) is 17.1. The first-order chi connectivity index (χ1) is 12.4. The van der Waals surface area contributed by atoms with Gasteiger partial charge in [-0.1, -0.05) is 74.5 Å². The number of hydrogen-bond donors (Lipinski definition) is 2. The highest BCUT2D eigenvalue weighted by molar-refractivity contribution is 5.88. The molecular weight excluding hydrogens is 330 g/mol. The molecule has 0 aliphatic heterocycles. The van der Waals surface area contributed by atoms with Crippen molar-refractivity contribution in [3.05, 3.63) is 71.8 Å². The van der Waals surface area contributed by atoms with E-state index in [9.17, 15) is 14.7 Å². The summed E-state index contributed by atoms with van der Waals surface area (Å²) in [7, 11) is 0. The highest BCUT2D eigenvalue weighted by atomic mass is 16.6. The molecule has 0 bridgehead atoms. The van der Waals surface area contributed by atoms with E-state index in [1.165, 1.54) is 0 Å². The number of hydrogen-bond acceptors (Lipinski definition) is 4. The van der Waals surface area contributed by atoms with Crippen molar-refractivity contribution in [2.45, 2.75) is 32.4 Å². The van der Waals surface area contributed by atoms with Gasteiger partial charge in [0.25, 0.3) is 5.91 Å². The molecule has 26 heavy (non-hydrogen) atoms. The van der Waals surface area contributed by atoms with Gasteiger partial charge in [0.05, 0.1) is 0 Å². The molecular formula is C21H25NO4. The molecule has 0 saturated heterocycles. The third-order valence-electron chi connectivity index (χ3n) is 4.40. The zero-order valence-corrected chi connectivity index (χ0v) is 15.3. The number of carbonyl (C=O) groups excluding carboxylic acids is 2. The topological polar surface area (TPSA) is 75.6 Å². The van der Waals surface area contributed by atoms with Crippen LogP contribution in [0, 0.1) is 5.92 Å². The van der Waals surface area contributed by atoms with Crippen LogP contribution in [0.2, 0.25) is 0 Å². The van der Waals surface area contributed by atoms with E-state index in [2.05, 4.69) is 5.32 Å². The molecule has 0 heterocycles. The van der Waals surface area contributed by atoms with Gasteiger partial charge in [0, 0.05) is 6.04 Å². The average Bonchev–Trinajstić information content (AvgIpc) is 2.66. The van der Waals surface area contributed by atoms with E-state index < -0.39 is 24.1 Å².